The number of hydrogen-bond donors (Lipinski definition) is 2. The molecule has 3 N–H and O–H groups in total. The van der Waals surface area contributed by atoms with Crippen LogP contribution in [0.3, 0.4) is 0 Å². The maximum atomic E-state index is 12.8. The van der Waals surface area contributed by atoms with Crippen LogP contribution in [0.4, 0.5) is 24.7 Å². The Hall–Kier alpha value is -2.98. The van der Waals surface area contributed by atoms with E-state index in [1.54, 1.807) is 18.5 Å². The van der Waals surface area contributed by atoms with E-state index in [9.17, 15) is 13.2 Å². The van der Waals surface area contributed by atoms with Crippen LogP contribution in [-0.2, 0) is 6.42 Å². The summed E-state index contributed by atoms with van der Waals surface area (Å²) in [5.41, 5.74) is 7.55. The van der Waals surface area contributed by atoms with E-state index >= 15 is 0 Å². The van der Waals surface area contributed by atoms with Gasteiger partial charge in [0.25, 0.3) is 0 Å². The zero-order chi connectivity index (χ0) is 24.1. The largest absolute Gasteiger partial charge is 0.404 e. The van der Waals surface area contributed by atoms with E-state index in [-0.39, 0.29) is 10.9 Å². The molecular formula is C24H27F3N6S. The SMILES string of the molecule is CN(c1ncnc2sc(CC(F)(F)F)cc12)[C@@H]1CC[C@H](NCC(C=Nc2ccccc2)=CN)C1. The third-order valence-corrected chi connectivity index (χ3v) is 7.01. The first-order valence-electron chi connectivity index (χ1n) is 11.1. The molecule has 0 aliphatic heterocycles. The summed E-state index contributed by atoms with van der Waals surface area (Å²) < 4.78 is 38.5. The molecule has 2 aromatic heterocycles. The van der Waals surface area contributed by atoms with Gasteiger partial charge in [-0.3, -0.25) is 4.99 Å². The molecule has 0 amide bonds. The van der Waals surface area contributed by atoms with Crippen LogP contribution in [0.5, 0.6) is 0 Å². The average molecular weight is 489 g/mol. The number of aromatic nitrogens is 2. The second-order valence-electron chi connectivity index (χ2n) is 8.41. The van der Waals surface area contributed by atoms with Gasteiger partial charge >= 0.3 is 6.18 Å². The van der Waals surface area contributed by atoms with Gasteiger partial charge in [-0.15, -0.1) is 11.3 Å². The van der Waals surface area contributed by atoms with Gasteiger partial charge in [0.2, 0.25) is 0 Å². The number of fused-ring (bicyclic) bond motifs is 1. The minimum atomic E-state index is -4.24. The van der Waals surface area contributed by atoms with Gasteiger partial charge in [-0.1, -0.05) is 18.2 Å². The van der Waals surface area contributed by atoms with Crippen molar-refractivity contribution in [3.05, 3.63) is 59.4 Å². The molecule has 0 unspecified atom stereocenters. The van der Waals surface area contributed by atoms with Gasteiger partial charge in [-0.05, 0) is 49.2 Å². The normalized spacial score (nSPS) is 19.4. The lowest BCUT2D eigenvalue weighted by molar-refractivity contribution is -0.126. The fraction of sp³-hybridized carbons (Fsp3) is 0.375. The highest BCUT2D eigenvalue weighted by atomic mass is 32.1. The van der Waals surface area contributed by atoms with Crippen LogP contribution in [0.15, 0.2) is 59.5 Å². The van der Waals surface area contributed by atoms with Gasteiger partial charge in [-0.25, -0.2) is 9.97 Å². The van der Waals surface area contributed by atoms with Crippen LogP contribution >= 0.6 is 11.3 Å². The summed E-state index contributed by atoms with van der Waals surface area (Å²) in [6.07, 6.45) is 2.41. The molecule has 1 aromatic carbocycles. The number of anilines is 1. The second-order valence-corrected chi connectivity index (χ2v) is 9.53. The molecule has 2 heterocycles. The predicted octanol–water partition coefficient (Wildman–Crippen LogP) is 4.99. The molecular weight excluding hydrogens is 461 g/mol. The molecule has 0 spiro atoms. The molecule has 4 rings (SSSR count). The summed E-state index contributed by atoms with van der Waals surface area (Å²) in [6, 6.07) is 11.8. The van der Waals surface area contributed by atoms with Crippen molar-refractivity contribution in [2.24, 2.45) is 10.7 Å². The van der Waals surface area contributed by atoms with Crippen molar-refractivity contribution in [3.8, 4) is 0 Å². The molecule has 10 heteroatoms. The maximum Gasteiger partial charge on any atom is 0.393 e. The number of alkyl halides is 3. The molecule has 0 radical (unpaired) electrons. The molecule has 3 aromatic rings. The van der Waals surface area contributed by atoms with Crippen molar-refractivity contribution in [2.75, 3.05) is 18.5 Å². The third kappa shape index (κ3) is 6.12. The van der Waals surface area contributed by atoms with E-state index in [2.05, 4.69) is 25.2 Å². The Labute approximate surface area is 200 Å². The number of hydrogen-bond acceptors (Lipinski definition) is 7. The topological polar surface area (TPSA) is 79.4 Å². The average Bonchev–Trinajstić information content (AvgIpc) is 3.44. The summed E-state index contributed by atoms with van der Waals surface area (Å²) in [4.78, 5) is 16.0. The molecule has 0 bridgehead atoms. The minimum absolute atomic E-state index is 0.227. The number of halogens is 3. The van der Waals surface area contributed by atoms with E-state index in [4.69, 9.17) is 5.73 Å². The third-order valence-electron chi connectivity index (χ3n) is 5.97. The lowest BCUT2D eigenvalue weighted by Crippen LogP contribution is -2.34. The summed E-state index contributed by atoms with van der Waals surface area (Å²) in [6.45, 7) is 0.608. The lowest BCUT2D eigenvalue weighted by atomic mass is 10.2. The molecule has 2 atom stereocenters. The Kier molecular flexibility index (Phi) is 7.47. The molecule has 1 fully saturated rings. The Morgan fingerprint density at radius 3 is 2.79 bits per heavy atom. The van der Waals surface area contributed by atoms with Crippen LogP contribution in [0, 0.1) is 0 Å². The number of nitrogens with zero attached hydrogens (tertiary/aromatic N) is 4. The number of benzene rings is 1. The Morgan fingerprint density at radius 1 is 1.26 bits per heavy atom. The number of thiophene rings is 1. The van der Waals surface area contributed by atoms with Crippen molar-refractivity contribution < 1.29 is 13.2 Å². The van der Waals surface area contributed by atoms with Gasteiger partial charge in [-0.2, -0.15) is 13.2 Å². The van der Waals surface area contributed by atoms with Crippen LogP contribution in [0.1, 0.15) is 24.1 Å². The fourth-order valence-electron chi connectivity index (χ4n) is 4.21. The summed E-state index contributed by atoms with van der Waals surface area (Å²) in [7, 11) is 1.95. The Bertz CT molecular complexity index is 1160. The molecule has 1 aliphatic rings. The maximum absolute atomic E-state index is 12.8. The van der Waals surface area contributed by atoms with E-state index in [0.717, 1.165) is 41.9 Å². The minimum Gasteiger partial charge on any atom is -0.404 e. The fourth-order valence-corrected chi connectivity index (χ4v) is 5.23. The monoisotopic (exact) mass is 488 g/mol. The summed E-state index contributed by atoms with van der Waals surface area (Å²) >= 11 is 1.08. The Morgan fingerprint density at radius 2 is 2.06 bits per heavy atom. The quantitative estimate of drug-likeness (QED) is 0.437. The molecule has 6 nitrogen and oxygen atoms in total. The second kappa shape index (κ2) is 10.5. The highest BCUT2D eigenvalue weighted by Crippen LogP contribution is 2.35. The number of nitrogens with two attached hydrogens (primary N) is 1. The first-order chi connectivity index (χ1) is 16.3. The standard InChI is InChI=1S/C24H27F3N6S/c1-33(22-21-10-20(11-24(25,26)27)34-23(21)32-15-31-22)19-8-7-18(9-19)30-14-16(12-28)13-29-17-5-3-2-4-6-17/h2-6,10,12-13,15,18-19,30H,7-9,11,14,28H2,1H3/t18-,19+/m0/s1. The van der Waals surface area contributed by atoms with Crippen molar-refractivity contribution in [1.29, 1.82) is 0 Å². The predicted molar refractivity (Wildman–Crippen MR) is 132 cm³/mol. The van der Waals surface area contributed by atoms with E-state index in [0.29, 0.717) is 28.6 Å². The molecule has 180 valence electrons. The van der Waals surface area contributed by atoms with Crippen LogP contribution in [0.25, 0.3) is 10.2 Å². The first-order valence-corrected chi connectivity index (χ1v) is 11.9. The van der Waals surface area contributed by atoms with Crippen molar-refractivity contribution in [2.45, 2.75) is 43.9 Å². The Balaban J connectivity index is 1.36. The van der Waals surface area contributed by atoms with E-state index in [1.165, 1.54) is 6.33 Å². The van der Waals surface area contributed by atoms with Crippen molar-refractivity contribution in [1.82, 2.24) is 15.3 Å². The van der Waals surface area contributed by atoms with Crippen molar-refractivity contribution in [3.63, 3.8) is 0 Å². The van der Waals surface area contributed by atoms with Crippen LogP contribution in [0.2, 0.25) is 0 Å². The highest BCUT2D eigenvalue weighted by molar-refractivity contribution is 7.18. The van der Waals surface area contributed by atoms with Crippen LogP contribution < -0.4 is 16.0 Å². The zero-order valence-electron chi connectivity index (χ0n) is 18.8. The molecule has 0 saturated heterocycles. The number of nitrogens with one attached hydrogen (secondary N) is 1. The molecule has 34 heavy (non-hydrogen) atoms. The first kappa shape index (κ1) is 24.2. The highest BCUT2D eigenvalue weighted by Gasteiger charge is 2.31. The van der Waals surface area contributed by atoms with Gasteiger partial charge in [0.05, 0.1) is 17.5 Å². The van der Waals surface area contributed by atoms with E-state index < -0.39 is 12.6 Å². The molecule has 1 saturated carbocycles. The van der Waals surface area contributed by atoms with Gasteiger partial charge < -0.3 is 16.0 Å². The zero-order valence-corrected chi connectivity index (χ0v) is 19.6. The smallest absolute Gasteiger partial charge is 0.393 e. The molecule has 1 aliphatic carbocycles. The van der Waals surface area contributed by atoms with Gasteiger partial charge in [0, 0.05) is 36.8 Å². The van der Waals surface area contributed by atoms with Gasteiger partial charge in [0.1, 0.15) is 17.0 Å². The summed E-state index contributed by atoms with van der Waals surface area (Å²) in [5, 5.41) is 4.23. The number of aliphatic imine (C=N–C) groups is 1. The number of para-hydroxylation sites is 1. The van der Waals surface area contributed by atoms with Crippen LogP contribution in [-0.4, -0.2) is 48.0 Å². The number of rotatable bonds is 8. The van der Waals surface area contributed by atoms with Crippen molar-refractivity contribution >= 4 is 39.3 Å². The summed E-state index contributed by atoms with van der Waals surface area (Å²) in [5.74, 6) is 0.679. The van der Waals surface area contributed by atoms with E-state index in [1.807, 2.05) is 37.4 Å². The lowest BCUT2D eigenvalue weighted by Gasteiger charge is -2.26. The van der Waals surface area contributed by atoms with Gasteiger partial charge in [0.15, 0.2) is 0 Å².